The Morgan fingerprint density at radius 1 is 1.15 bits per heavy atom. The van der Waals surface area contributed by atoms with Crippen LogP contribution in [0, 0.1) is 19.7 Å². The number of nitrogens with zero attached hydrogens (tertiary/aromatic N) is 3. The second-order valence-electron chi connectivity index (χ2n) is 5.93. The summed E-state index contributed by atoms with van der Waals surface area (Å²) in [4.78, 5) is 31.6. The lowest BCUT2D eigenvalue weighted by Gasteiger charge is -2.19. The smallest absolute Gasteiger partial charge is 0.330 e. The summed E-state index contributed by atoms with van der Waals surface area (Å²) in [5.74, 6) is -0.667. The first-order valence-corrected chi connectivity index (χ1v) is 8.97. The molecule has 0 spiro atoms. The van der Waals surface area contributed by atoms with E-state index >= 15 is 0 Å². The van der Waals surface area contributed by atoms with Crippen LogP contribution in [0.15, 0.2) is 30.3 Å². The van der Waals surface area contributed by atoms with Gasteiger partial charge in [-0.25, -0.2) is 14.2 Å². The lowest BCUT2D eigenvalue weighted by molar-refractivity contribution is 0.0963. The highest BCUT2D eigenvalue weighted by atomic mass is 19.1. The van der Waals surface area contributed by atoms with Crippen molar-refractivity contribution in [2.75, 3.05) is 29.9 Å². The number of hydrogen-bond donors (Lipinski definition) is 1. The van der Waals surface area contributed by atoms with E-state index in [-0.39, 0.29) is 17.8 Å². The lowest BCUT2D eigenvalue weighted by atomic mass is 10.2. The number of hydrogen-bond acceptors (Lipinski definition) is 3. The summed E-state index contributed by atoms with van der Waals surface area (Å²) in [6.45, 7) is 8.14. The number of urea groups is 1. The van der Waals surface area contributed by atoms with Gasteiger partial charge < -0.3 is 5.32 Å². The molecule has 7 heteroatoms. The lowest BCUT2D eigenvalue weighted by Crippen LogP contribution is -2.33. The quantitative estimate of drug-likeness (QED) is 0.894. The molecular weight excluding hydrogens is 347 g/mol. The van der Waals surface area contributed by atoms with Crippen LogP contribution in [0.25, 0.3) is 0 Å². The first kappa shape index (κ1) is 20.4. The standard InChI is InChI=1S/C18H19FN4O2.C2H6/c1-11-9-12(2)21-16(15(11)19)23-8-7-22(18(23)25)14-6-4-5-13(10-14)17(24)20-3;1-2/h4-6,9-10H,7-8H2,1-3H3,(H,20,24);1-2H3. The summed E-state index contributed by atoms with van der Waals surface area (Å²) in [6.07, 6.45) is 0. The van der Waals surface area contributed by atoms with Crippen molar-refractivity contribution < 1.29 is 14.0 Å². The van der Waals surface area contributed by atoms with Gasteiger partial charge in [0.05, 0.1) is 0 Å². The number of carbonyl (C=O) groups excluding carboxylic acids is 2. The Balaban J connectivity index is 0.00000126. The monoisotopic (exact) mass is 372 g/mol. The van der Waals surface area contributed by atoms with E-state index in [9.17, 15) is 14.0 Å². The number of benzene rings is 1. The maximum atomic E-state index is 14.4. The molecule has 0 aliphatic carbocycles. The molecule has 2 aromatic rings. The molecule has 0 radical (unpaired) electrons. The van der Waals surface area contributed by atoms with E-state index in [2.05, 4.69) is 10.3 Å². The zero-order valence-corrected chi connectivity index (χ0v) is 16.3. The summed E-state index contributed by atoms with van der Waals surface area (Å²) in [6, 6.07) is 8.07. The van der Waals surface area contributed by atoms with Crippen LogP contribution in [-0.2, 0) is 0 Å². The first-order valence-electron chi connectivity index (χ1n) is 8.97. The second-order valence-corrected chi connectivity index (χ2v) is 5.93. The zero-order valence-electron chi connectivity index (χ0n) is 16.3. The molecule has 0 bridgehead atoms. The molecule has 0 unspecified atom stereocenters. The predicted octanol–water partition coefficient (Wildman–Crippen LogP) is 3.67. The van der Waals surface area contributed by atoms with Gasteiger partial charge >= 0.3 is 6.03 Å². The molecule has 1 fully saturated rings. The molecular formula is C20H25FN4O2. The van der Waals surface area contributed by atoms with Crippen LogP contribution in [0.2, 0.25) is 0 Å². The van der Waals surface area contributed by atoms with E-state index in [0.29, 0.717) is 35.6 Å². The van der Waals surface area contributed by atoms with E-state index in [1.807, 2.05) is 13.8 Å². The van der Waals surface area contributed by atoms with Crippen LogP contribution in [0.1, 0.15) is 35.5 Å². The van der Waals surface area contributed by atoms with Crippen molar-refractivity contribution in [2.45, 2.75) is 27.7 Å². The molecule has 0 atom stereocenters. The largest absolute Gasteiger partial charge is 0.355 e. The number of amides is 3. The molecule has 1 saturated heterocycles. The van der Waals surface area contributed by atoms with Crippen LogP contribution in [0.5, 0.6) is 0 Å². The Bertz CT molecular complexity index is 854. The molecule has 1 aromatic carbocycles. The van der Waals surface area contributed by atoms with Crippen molar-refractivity contribution in [2.24, 2.45) is 0 Å². The number of rotatable bonds is 3. The van der Waals surface area contributed by atoms with Crippen LogP contribution >= 0.6 is 0 Å². The maximum absolute atomic E-state index is 14.4. The van der Waals surface area contributed by atoms with E-state index in [1.165, 1.54) is 9.80 Å². The first-order chi connectivity index (χ1) is 12.9. The number of pyridine rings is 1. The fourth-order valence-corrected chi connectivity index (χ4v) is 2.91. The summed E-state index contributed by atoms with van der Waals surface area (Å²) in [5.41, 5.74) is 2.16. The van der Waals surface area contributed by atoms with E-state index in [4.69, 9.17) is 0 Å². The van der Waals surface area contributed by atoms with Gasteiger partial charge in [0.25, 0.3) is 5.91 Å². The Morgan fingerprint density at radius 3 is 2.48 bits per heavy atom. The summed E-state index contributed by atoms with van der Waals surface area (Å²) in [7, 11) is 1.55. The molecule has 1 aromatic heterocycles. The van der Waals surface area contributed by atoms with Crippen molar-refractivity contribution in [3.8, 4) is 0 Å². The number of aromatic nitrogens is 1. The highest BCUT2D eigenvalue weighted by Crippen LogP contribution is 2.27. The van der Waals surface area contributed by atoms with Gasteiger partial charge in [0.15, 0.2) is 11.6 Å². The highest BCUT2D eigenvalue weighted by Gasteiger charge is 2.33. The molecule has 2 heterocycles. The van der Waals surface area contributed by atoms with Gasteiger partial charge in [0.2, 0.25) is 0 Å². The molecule has 144 valence electrons. The van der Waals surface area contributed by atoms with Gasteiger partial charge in [-0.15, -0.1) is 0 Å². The van der Waals surface area contributed by atoms with E-state index in [1.54, 1.807) is 51.2 Å². The molecule has 3 rings (SSSR count). The number of carbonyl (C=O) groups is 2. The third-order valence-corrected chi connectivity index (χ3v) is 4.16. The minimum Gasteiger partial charge on any atom is -0.355 e. The third-order valence-electron chi connectivity index (χ3n) is 4.16. The SMILES string of the molecule is CC.CNC(=O)c1cccc(N2CCN(c3nc(C)cc(C)c3F)C2=O)c1. The number of anilines is 2. The van der Waals surface area contributed by atoms with Gasteiger partial charge in [0, 0.05) is 37.1 Å². The van der Waals surface area contributed by atoms with Gasteiger partial charge in [-0.2, -0.15) is 0 Å². The normalized spacial score (nSPS) is 13.3. The van der Waals surface area contributed by atoms with Crippen LogP contribution in [0.3, 0.4) is 0 Å². The highest BCUT2D eigenvalue weighted by molar-refractivity contribution is 6.06. The van der Waals surface area contributed by atoms with Crippen molar-refractivity contribution >= 4 is 23.4 Å². The van der Waals surface area contributed by atoms with E-state index < -0.39 is 5.82 Å². The van der Waals surface area contributed by atoms with Gasteiger partial charge in [-0.1, -0.05) is 19.9 Å². The van der Waals surface area contributed by atoms with Crippen LogP contribution < -0.4 is 15.1 Å². The Morgan fingerprint density at radius 2 is 1.81 bits per heavy atom. The van der Waals surface area contributed by atoms with Crippen molar-refractivity contribution in [3.05, 3.63) is 53.0 Å². The molecule has 1 aliphatic heterocycles. The summed E-state index contributed by atoms with van der Waals surface area (Å²) in [5, 5.41) is 2.55. The molecule has 0 saturated carbocycles. The van der Waals surface area contributed by atoms with Gasteiger partial charge in [-0.3, -0.25) is 14.6 Å². The van der Waals surface area contributed by atoms with Crippen molar-refractivity contribution in [3.63, 3.8) is 0 Å². The topological polar surface area (TPSA) is 65.5 Å². The fourth-order valence-electron chi connectivity index (χ4n) is 2.91. The molecule has 1 aliphatic rings. The van der Waals surface area contributed by atoms with Crippen LogP contribution in [0.4, 0.5) is 20.7 Å². The fraction of sp³-hybridized carbons (Fsp3) is 0.350. The molecule has 1 N–H and O–H groups in total. The van der Waals surface area contributed by atoms with Crippen LogP contribution in [-0.4, -0.2) is 37.1 Å². The zero-order chi connectivity index (χ0) is 20.1. The second kappa shape index (κ2) is 8.62. The predicted molar refractivity (Wildman–Crippen MR) is 105 cm³/mol. The summed E-state index contributed by atoms with van der Waals surface area (Å²) >= 11 is 0. The Hall–Kier alpha value is -2.96. The minimum absolute atomic E-state index is 0.0486. The maximum Gasteiger partial charge on any atom is 0.330 e. The minimum atomic E-state index is -0.486. The third kappa shape index (κ3) is 4.07. The van der Waals surface area contributed by atoms with E-state index in [0.717, 1.165) is 0 Å². The van der Waals surface area contributed by atoms with Gasteiger partial charge in [-0.05, 0) is 43.7 Å². The summed E-state index contributed by atoms with van der Waals surface area (Å²) < 4.78 is 14.4. The Kier molecular flexibility index (Phi) is 6.50. The average molecular weight is 372 g/mol. The number of nitrogens with one attached hydrogen (secondary N) is 1. The number of aryl methyl sites for hydroxylation is 2. The number of halogens is 1. The molecule has 3 amide bonds. The van der Waals surface area contributed by atoms with Crippen molar-refractivity contribution in [1.82, 2.24) is 10.3 Å². The Labute approximate surface area is 159 Å². The van der Waals surface area contributed by atoms with Crippen molar-refractivity contribution in [1.29, 1.82) is 0 Å². The molecule has 6 nitrogen and oxygen atoms in total. The average Bonchev–Trinajstić information content (AvgIpc) is 3.07. The van der Waals surface area contributed by atoms with Gasteiger partial charge in [0.1, 0.15) is 0 Å². The molecule has 27 heavy (non-hydrogen) atoms.